The third kappa shape index (κ3) is 3.52. The molecule has 21 heavy (non-hydrogen) atoms. The van der Waals surface area contributed by atoms with Gasteiger partial charge in [0.2, 0.25) is 0 Å². The summed E-state index contributed by atoms with van der Waals surface area (Å²) in [7, 11) is 0. The first kappa shape index (κ1) is 14.3. The molecular formula is C16H13BrClN3. The van der Waals surface area contributed by atoms with Crippen molar-refractivity contribution in [1.29, 1.82) is 0 Å². The third-order valence-corrected chi connectivity index (χ3v) is 3.87. The minimum atomic E-state index is 0.765. The zero-order valence-corrected chi connectivity index (χ0v) is 13.5. The average Bonchev–Trinajstić information content (AvgIpc) is 2.49. The molecule has 1 aromatic carbocycles. The van der Waals surface area contributed by atoms with E-state index in [1.807, 2.05) is 36.4 Å². The summed E-state index contributed by atoms with van der Waals surface area (Å²) in [6.45, 7) is 0.832. The minimum Gasteiger partial charge on any atom is -0.383 e. The van der Waals surface area contributed by atoms with Crippen molar-refractivity contribution in [2.45, 2.75) is 6.42 Å². The molecule has 0 fully saturated rings. The Hall–Kier alpha value is -1.65. The van der Waals surface area contributed by atoms with Gasteiger partial charge in [0.15, 0.2) is 0 Å². The maximum atomic E-state index is 5.89. The van der Waals surface area contributed by atoms with E-state index in [1.165, 1.54) is 5.56 Å². The molecule has 0 bridgehead atoms. The van der Waals surface area contributed by atoms with Crippen LogP contribution in [0.25, 0.3) is 11.0 Å². The summed E-state index contributed by atoms with van der Waals surface area (Å²) in [6, 6.07) is 11.8. The number of halogens is 2. The Bertz CT molecular complexity index is 759. The van der Waals surface area contributed by atoms with Crippen LogP contribution >= 0.6 is 27.5 Å². The number of pyridine rings is 2. The Kier molecular flexibility index (Phi) is 4.36. The van der Waals surface area contributed by atoms with Crippen molar-refractivity contribution in [1.82, 2.24) is 9.97 Å². The fraction of sp³-hybridized carbons (Fsp3) is 0.125. The van der Waals surface area contributed by atoms with Gasteiger partial charge in [0.05, 0.1) is 11.2 Å². The quantitative estimate of drug-likeness (QED) is 0.731. The van der Waals surface area contributed by atoms with Gasteiger partial charge in [0.25, 0.3) is 0 Å². The first-order chi connectivity index (χ1) is 10.2. The van der Waals surface area contributed by atoms with Crippen LogP contribution < -0.4 is 5.32 Å². The van der Waals surface area contributed by atoms with Gasteiger partial charge in [-0.3, -0.25) is 9.97 Å². The molecule has 0 unspecified atom stereocenters. The Morgan fingerprint density at radius 2 is 1.90 bits per heavy atom. The fourth-order valence-electron chi connectivity index (χ4n) is 2.14. The van der Waals surface area contributed by atoms with Crippen molar-refractivity contribution in [2.24, 2.45) is 0 Å². The van der Waals surface area contributed by atoms with E-state index in [0.717, 1.165) is 39.2 Å². The molecule has 0 amide bonds. The van der Waals surface area contributed by atoms with Crippen molar-refractivity contribution < 1.29 is 0 Å². The molecule has 106 valence electrons. The second-order valence-corrected chi connectivity index (χ2v) is 6.04. The standard InChI is InChI=1S/C16H13BrClN3/c17-12-9-15-16(21-10-12)14(6-8-20-15)19-7-5-11-1-3-13(18)4-2-11/h1-4,6,8-10H,5,7H2,(H,19,20). The lowest BCUT2D eigenvalue weighted by atomic mass is 10.1. The molecule has 0 saturated carbocycles. The summed E-state index contributed by atoms with van der Waals surface area (Å²) < 4.78 is 0.931. The largest absolute Gasteiger partial charge is 0.383 e. The Morgan fingerprint density at radius 1 is 1.10 bits per heavy atom. The summed E-state index contributed by atoms with van der Waals surface area (Å²) in [5.41, 5.74) is 4.01. The molecule has 0 radical (unpaired) electrons. The molecular weight excluding hydrogens is 350 g/mol. The van der Waals surface area contributed by atoms with Crippen LogP contribution in [0.2, 0.25) is 5.02 Å². The van der Waals surface area contributed by atoms with E-state index in [0.29, 0.717) is 0 Å². The van der Waals surface area contributed by atoms with Gasteiger partial charge in [-0.2, -0.15) is 0 Å². The van der Waals surface area contributed by atoms with Gasteiger partial charge in [-0.1, -0.05) is 23.7 Å². The third-order valence-electron chi connectivity index (χ3n) is 3.19. The number of hydrogen-bond donors (Lipinski definition) is 1. The van der Waals surface area contributed by atoms with Gasteiger partial charge >= 0.3 is 0 Å². The van der Waals surface area contributed by atoms with Gasteiger partial charge in [-0.05, 0) is 52.2 Å². The number of anilines is 1. The van der Waals surface area contributed by atoms with Gasteiger partial charge in [-0.25, -0.2) is 0 Å². The van der Waals surface area contributed by atoms with E-state index >= 15 is 0 Å². The minimum absolute atomic E-state index is 0.765. The molecule has 0 atom stereocenters. The van der Waals surface area contributed by atoms with E-state index in [-0.39, 0.29) is 0 Å². The van der Waals surface area contributed by atoms with E-state index < -0.39 is 0 Å². The van der Waals surface area contributed by atoms with Crippen LogP contribution in [0.1, 0.15) is 5.56 Å². The van der Waals surface area contributed by atoms with Crippen molar-refractivity contribution in [3.05, 3.63) is 63.9 Å². The smallest absolute Gasteiger partial charge is 0.112 e. The maximum absolute atomic E-state index is 5.89. The molecule has 0 saturated heterocycles. The van der Waals surface area contributed by atoms with Crippen LogP contribution in [0.5, 0.6) is 0 Å². The second kappa shape index (κ2) is 6.41. The predicted molar refractivity (Wildman–Crippen MR) is 90.9 cm³/mol. The highest BCUT2D eigenvalue weighted by atomic mass is 79.9. The lowest BCUT2D eigenvalue weighted by Gasteiger charge is -2.09. The van der Waals surface area contributed by atoms with E-state index in [9.17, 15) is 0 Å². The van der Waals surface area contributed by atoms with Gasteiger partial charge < -0.3 is 5.32 Å². The molecule has 1 N–H and O–H groups in total. The predicted octanol–water partition coefficient (Wildman–Crippen LogP) is 4.70. The van der Waals surface area contributed by atoms with E-state index in [4.69, 9.17) is 11.6 Å². The SMILES string of the molecule is Clc1ccc(CCNc2ccnc3cc(Br)cnc23)cc1. The van der Waals surface area contributed by atoms with Crippen LogP contribution in [0.15, 0.2) is 53.3 Å². The van der Waals surface area contributed by atoms with Crippen LogP contribution in [0, 0.1) is 0 Å². The van der Waals surface area contributed by atoms with E-state index in [2.05, 4.69) is 31.2 Å². The number of nitrogens with one attached hydrogen (secondary N) is 1. The highest BCUT2D eigenvalue weighted by Crippen LogP contribution is 2.22. The number of aromatic nitrogens is 2. The Morgan fingerprint density at radius 3 is 2.71 bits per heavy atom. The summed E-state index contributed by atoms with van der Waals surface area (Å²) in [4.78, 5) is 8.76. The van der Waals surface area contributed by atoms with Crippen molar-refractivity contribution >= 4 is 44.3 Å². The molecule has 0 aliphatic heterocycles. The topological polar surface area (TPSA) is 37.8 Å². The zero-order chi connectivity index (χ0) is 14.7. The lowest BCUT2D eigenvalue weighted by Crippen LogP contribution is -2.05. The average molecular weight is 363 g/mol. The van der Waals surface area contributed by atoms with Gasteiger partial charge in [-0.15, -0.1) is 0 Å². The van der Waals surface area contributed by atoms with Crippen LogP contribution in [0.4, 0.5) is 5.69 Å². The van der Waals surface area contributed by atoms with Crippen LogP contribution in [-0.4, -0.2) is 16.5 Å². The van der Waals surface area contributed by atoms with Crippen molar-refractivity contribution in [2.75, 3.05) is 11.9 Å². The van der Waals surface area contributed by atoms with E-state index in [1.54, 1.807) is 12.4 Å². The van der Waals surface area contributed by atoms with Gasteiger partial charge in [0, 0.05) is 28.4 Å². The molecule has 2 aromatic heterocycles. The summed E-state index contributed by atoms with van der Waals surface area (Å²) in [6.07, 6.45) is 4.51. The molecule has 0 aliphatic rings. The van der Waals surface area contributed by atoms with Crippen molar-refractivity contribution in [3.63, 3.8) is 0 Å². The number of hydrogen-bond acceptors (Lipinski definition) is 3. The Labute approximate surface area is 136 Å². The molecule has 2 heterocycles. The summed E-state index contributed by atoms with van der Waals surface area (Å²) in [5.74, 6) is 0. The van der Waals surface area contributed by atoms with Crippen LogP contribution in [0.3, 0.4) is 0 Å². The Balaban J connectivity index is 1.72. The lowest BCUT2D eigenvalue weighted by molar-refractivity contribution is 1.02. The first-order valence-electron chi connectivity index (χ1n) is 6.61. The first-order valence-corrected chi connectivity index (χ1v) is 7.78. The van der Waals surface area contributed by atoms with Crippen molar-refractivity contribution in [3.8, 4) is 0 Å². The molecule has 5 heteroatoms. The second-order valence-electron chi connectivity index (χ2n) is 4.68. The molecule has 0 aliphatic carbocycles. The number of benzene rings is 1. The highest BCUT2D eigenvalue weighted by Gasteiger charge is 2.03. The normalized spacial score (nSPS) is 10.8. The number of fused-ring (bicyclic) bond motifs is 1. The molecule has 3 nitrogen and oxygen atoms in total. The summed E-state index contributed by atoms with van der Waals surface area (Å²) >= 11 is 9.30. The molecule has 3 rings (SSSR count). The number of nitrogens with zero attached hydrogens (tertiary/aromatic N) is 2. The maximum Gasteiger partial charge on any atom is 0.112 e. The summed E-state index contributed by atoms with van der Waals surface area (Å²) in [5, 5.41) is 4.18. The van der Waals surface area contributed by atoms with Crippen LogP contribution in [-0.2, 0) is 6.42 Å². The highest BCUT2D eigenvalue weighted by molar-refractivity contribution is 9.10. The monoisotopic (exact) mass is 361 g/mol. The van der Waals surface area contributed by atoms with Gasteiger partial charge in [0.1, 0.15) is 5.52 Å². The molecule has 0 spiro atoms. The number of rotatable bonds is 4. The zero-order valence-electron chi connectivity index (χ0n) is 11.2. The fourth-order valence-corrected chi connectivity index (χ4v) is 2.59. The molecule has 3 aromatic rings.